The Kier molecular flexibility index (Phi) is 3.27. The molecule has 1 aromatic carbocycles. The van der Waals surface area contributed by atoms with Gasteiger partial charge in [0.1, 0.15) is 16.6 Å². The van der Waals surface area contributed by atoms with Crippen molar-refractivity contribution in [3.05, 3.63) is 40.3 Å². The topological polar surface area (TPSA) is 48.7 Å². The third-order valence-corrected chi connectivity index (χ3v) is 3.32. The van der Waals surface area contributed by atoms with Gasteiger partial charge in [0.2, 0.25) is 0 Å². The van der Waals surface area contributed by atoms with Gasteiger partial charge < -0.3 is 5.32 Å². The van der Waals surface area contributed by atoms with Crippen molar-refractivity contribution in [2.24, 2.45) is 0 Å². The van der Waals surface area contributed by atoms with E-state index in [0.29, 0.717) is 16.3 Å². The number of anilines is 2. The number of nitriles is 1. The van der Waals surface area contributed by atoms with Gasteiger partial charge in [-0.25, -0.2) is 4.39 Å². The molecule has 2 rings (SSSR count). The lowest BCUT2D eigenvalue weighted by molar-refractivity contribution is 0.632. The molecule has 0 spiro atoms. The van der Waals surface area contributed by atoms with E-state index in [1.165, 1.54) is 6.07 Å². The second-order valence-electron chi connectivity index (χ2n) is 3.31. The Bertz CT molecular complexity index is 603. The summed E-state index contributed by atoms with van der Waals surface area (Å²) in [6.07, 6.45) is 0. The normalized spacial score (nSPS) is 10.0. The molecular weight excluding hydrogens is 261 g/mol. The summed E-state index contributed by atoms with van der Waals surface area (Å²) >= 11 is 6.78. The van der Waals surface area contributed by atoms with Crippen LogP contribution in [0, 0.1) is 24.1 Å². The molecule has 1 aromatic heterocycles. The smallest absolute Gasteiger partial charge is 0.165 e. The number of halogens is 2. The minimum Gasteiger partial charge on any atom is -0.342 e. The number of nitrogens with zero attached hydrogens (tertiary/aromatic N) is 2. The molecule has 0 aliphatic carbocycles. The van der Waals surface area contributed by atoms with Gasteiger partial charge in [-0.05, 0) is 30.6 Å². The molecule has 17 heavy (non-hydrogen) atoms. The molecule has 0 saturated heterocycles. The monoisotopic (exact) mass is 267 g/mol. The quantitative estimate of drug-likeness (QED) is 0.899. The van der Waals surface area contributed by atoms with Gasteiger partial charge in [-0.3, -0.25) is 0 Å². The van der Waals surface area contributed by atoms with E-state index in [0.717, 1.165) is 11.5 Å². The second-order valence-corrected chi connectivity index (χ2v) is 4.49. The van der Waals surface area contributed by atoms with Crippen LogP contribution in [0.2, 0.25) is 5.02 Å². The van der Waals surface area contributed by atoms with Gasteiger partial charge in [0.25, 0.3) is 0 Å². The van der Waals surface area contributed by atoms with E-state index in [9.17, 15) is 4.39 Å². The van der Waals surface area contributed by atoms with Crippen LogP contribution in [-0.4, -0.2) is 4.37 Å². The van der Waals surface area contributed by atoms with Gasteiger partial charge in [-0.2, -0.15) is 9.64 Å². The number of hydrogen-bond acceptors (Lipinski definition) is 4. The highest BCUT2D eigenvalue weighted by Gasteiger charge is 2.13. The Morgan fingerprint density at radius 2 is 2.29 bits per heavy atom. The fourth-order valence-corrected chi connectivity index (χ4v) is 2.24. The average molecular weight is 268 g/mol. The molecule has 3 nitrogen and oxygen atoms in total. The van der Waals surface area contributed by atoms with Crippen LogP contribution in [-0.2, 0) is 0 Å². The maximum absolute atomic E-state index is 13.6. The zero-order valence-electron chi connectivity index (χ0n) is 8.79. The van der Waals surface area contributed by atoms with Crippen molar-refractivity contribution < 1.29 is 4.39 Å². The van der Waals surface area contributed by atoms with Crippen molar-refractivity contribution in [3.63, 3.8) is 0 Å². The Balaban J connectivity index is 2.39. The maximum atomic E-state index is 13.6. The lowest BCUT2D eigenvalue weighted by atomic mass is 10.2. The zero-order chi connectivity index (χ0) is 12.4. The first-order valence-corrected chi connectivity index (χ1v) is 5.86. The van der Waals surface area contributed by atoms with Crippen LogP contribution in [0.4, 0.5) is 15.1 Å². The first kappa shape index (κ1) is 11.8. The van der Waals surface area contributed by atoms with Crippen LogP contribution < -0.4 is 5.32 Å². The van der Waals surface area contributed by atoms with Gasteiger partial charge >= 0.3 is 0 Å². The molecule has 0 aliphatic rings. The molecule has 86 valence electrons. The Morgan fingerprint density at radius 3 is 3.00 bits per heavy atom. The maximum Gasteiger partial charge on any atom is 0.165 e. The highest BCUT2D eigenvalue weighted by atomic mass is 35.5. The number of aromatic nitrogens is 1. The van der Waals surface area contributed by atoms with E-state index in [2.05, 4.69) is 9.69 Å². The second kappa shape index (κ2) is 4.70. The fourth-order valence-electron chi connectivity index (χ4n) is 1.31. The molecular formula is C11H7ClFN3S. The summed E-state index contributed by atoms with van der Waals surface area (Å²) in [5, 5.41) is 12.3. The van der Waals surface area contributed by atoms with E-state index >= 15 is 0 Å². The van der Waals surface area contributed by atoms with E-state index in [-0.39, 0.29) is 10.7 Å². The highest BCUT2D eigenvalue weighted by Crippen LogP contribution is 2.30. The average Bonchev–Trinajstić information content (AvgIpc) is 2.66. The van der Waals surface area contributed by atoms with Crippen molar-refractivity contribution in [1.29, 1.82) is 5.26 Å². The highest BCUT2D eigenvalue weighted by molar-refractivity contribution is 7.10. The molecule has 0 unspecified atom stereocenters. The molecule has 0 amide bonds. The Labute approximate surface area is 107 Å². The summed E-state index contributed by atoms with van der Waals surface area (Å²) in [6, 6.07) is 6.68. The van der Waals surface area contributed by atoms with E-state index in [4.69, 9.17) is 16.9 Å². The van der Waals surface area contributed by atoms with Gasteiger partial charge in [0.15, 0.2) is 5.82 Å². The van der Waals surface area contributed by atoms with Gasteiger partial charge in [0, 0.05) is 0 Å². The molecule has 2 aromatic rings. The summed E-state index contributed by atoms with van der Waals surface area (Å²) in [5.41, 5.74) is 1.29. The van der Waals surface area contributed by atoms with Crippen LogP contribution in [0.5, 0.6) is 0 Å². The van der Waals surface area contributed by atoms with Crippen molar-refractivity contribution in [2.75, 3.05) is 5.32 Å². The molecule has 0 bridgehead atoms. The van der Waals surface area contributed by atoms with Crippen molar-refractivity contribution in [3.8, 4) is 6.07 Å². The Hall–Kier alpha value is -1.64. The number of hydrogen-bond donors (Lipinski definition) is 1. The van der Waals surface area contributed by atoms with Crippen LogP contribution in [0.1, 0.15) is 11.3 Å². The first-order valence-electron chi connectivity index (χ1n) is 4.71. The standard InChI is InChI=1S/C11H7ClFN3S/c1-6-7(5-14)11(17-16-6)15-9-4-2-3-8(12)10(9)13/h2-4,15H,1H3. The third kappa shape index (κ3) is 2.23. The lowest BCUT2D eigenvalue weighted by Crippen LogP contribution is -1.94. The van der Waals surface area contributed by atoms with Gasteiger partial charge in [-0.15, -0.1) is 0 Å². The summed E-state index contributed by atoms with van der Waals surface area (Å²) in [7, 11) is 0. The SMILES string of the molecule is Cc1nsc(Nc2cccc(Cl)c2F)c1C#N. The zero-order valence-corrected chi connectivity index (χ0v) is 10.4. The first-order chi connectivity index (χ1) is 8.13. The van der Waals surface area contributed by atoms with Gasteiger partial charge in [-0.1, -0.05) is 17.7 Å². The number of aryl methyl sites for hydroxylation is 1. The molecule has 0 atom stereocenters. The number of rotatable bonds is 2. The minimum absolute atomic E-state index is 0.0368. The third-order valence-electron chi connectivity index (χ3n) is 2.17. The molecule has 0 saturated carbocycles. The summed E-state index contributed by atoms with van der Waals surface area (Å²) in [4.78, 5) is 0. The molecule has 1 N–H and O–H groups in total. The lowest BCUT2D eigenvalue weighted by Gasteiger charge is -2.05. The van der Waals surface area contributed by atoms with Crippen molar-refractivity contribution in [2.45, 2.75) is 6.92 Å². The fraction of sp³-hybridized carbons (Fsp3) is 0.0909. The van der Waals surface area contributed by atoms with E-state index < -0.39 is 5.82 Å². The minimum atomic E-state index is -0.538. The summed E-state index contributed by atoms with van der Waals surface area (Å²) < 4.78 is 17.7. The molecule has 6 heteroatoms. The van der Waals surface area contributed by atoms with Crippen LogP contribution in [0.3, 0.4) is 0 Å². The summed E-state index contributed by atoms with van der Waals surface area (Å²) in [5.74, 6) is -0.538. The molecule has 0 radical (unpaired) electrons. The van der Waals surface area contributed by atoms with Gasteiger partial charge in [0.05, 0.1) is 16.4 Å². The largest absolute Gasteiger partial charge is 0.342 e. The van der Waals surface area contributed by atoms with Crippen LogP contribution in [0.25, 0.3) is 0 Å². The van der Waals surface area contributed by atoms with Crippen molar-refractivity contribution >= 4 is 33.8 Å². The van der Waals surface area contributed by atoms with Crippen LogP contribution >= 0.6 is 23.1 Å². The summed E-state index contributed by atoms with van der Waals surface area (Å²) in [6.45, 7) is 1.73. The van der Waals surface area contributed by atoms with E-state index in [1.807, 2.05) is 6.07 Å². The Morgan fingerprint density at radius 1 is 1.53 bits per heavy atom. The predicted molar refractivity (Wildman–Crippen MR) is 66.3 cm³/mol. The number of nitrogens with one attached hydrogen (secondary N) is 1. The van der Waals surface area contributed by atoms with Crippen molar-refractivity contribution in [1.82, 2.24) is 4.37 Å². The predicted octanol–water partition coefficient (Wildman–Crippen LogP) is 3.86. The number of benzene rings is 1. The molecule has 0 aliphatic heterocycles. The molecule has 1 heterocycles. The van der Waals surface area contributed by atoms with Crippen LogP contribution in [0.15, 0.2) is 18.2 Å². The van der Waals surface area contributed by atoms with E-state index in [1.54, 1.807) is 19.1 Å². The molecule has 0 fully saturated rings.